The van der Waals surface area contributed by atoms with Gasteiger partial charge in [0.2, 0.25) is 0 Å². The highest BCUT2D eigenvalue weighted by Crippen LogP contribution is 2.16. The summed E-state index contributed by atoms with van der Waals surface area (Å²) in [6, 6.07) is 0. The van der Waals surface area contributed by atoms with Crippen molar-refractivity contribution < 1.29 is 9.90 Å². The quantitative estimate of drug-likeness (QED) is 0.641. The highest BCUT2D eigenvalue weighted by atomic mass is 32.2. The van der Waals surface area contributed by atoms with Crippen molar-refractivity contribution in [1.82, 2.24) is 10.2 Å². The molecule has 1 unspecified atom stereocenters. The van der Waals surface area contributed by atoms with Gasteiger partial charge in [-0.2, -0.15) is 11.8 Å². The smallest absolute Gasteiger partial charge is 0.317 e. The Bertz CT molecular complexity index is 227. The van der Waals surface area contributed by atoms with Gasteiger partial charge < -0.3 is 15.3 Å². The molecule has 100 valence electrons. The summed E-state index contributed by atoms with van der Waals surface area (Å²) in [5.41, 5.74) is 0. The van der Waals surface area contributed by atoms with Crippen molar-refractivity contribution in [3.8, 4) is 0 Å². The van der Waals surface area contributed by atoms with E-state index in [1.54, 1.807) is 0 Å². The summed E-state index contributed by atoms with van der Waals surface area (Å²) in [4.78, 5) is 12.9. The van der Waals surface area contributed by atoms with E-state index in [4.69, 9.17) is 5.11 Å². The molecule has 1 heterocycles. The number of carboxylic acids is 1. The van der Waals surface area contributed by atoms with Gasteiger partial charge in [0.1, 0.15) is 0 Å². The SMILES string of the molecule is CSCCCN1CCCC(CNCC(=O)O)C1. The minimum atomic E-state index is -0.766. The van der Waals surface area contributed by atoms with Crippen LogP contribution in [0.4, 0.5) is 0 Å². The molecule has 0 aromatic rings. The number of aliphatic carboxylic acids is 1. The molecule has 0 amide bonds. The summed E-state index contributed by atoms with van der Waals surface area (Å²) in [6.07, 6.45) is 5.88. The Labute approximate surface area is 108 Å². The van der Waals surface area contributed by atoms with Gasteiger partial charge in [0.05, 0.1) is 6.54 Å². The van der Waals surface area contributed by atoms with E-state index >= 15 is 0 Å². The molecule has 0 aromatic carbocycles. The summed E-state index contributed by atoms with van der Waals surface area (Å²) >= 11 is 1.90. The molecule has 1 rings (SSSR count). The van der Waals surface area contributed by atoms with Gasteiger partial charge in [-0.15, -0.1) is 0 Å². The number of carboxylic acid groups (broad SMARTS) is 1. The zero-order chi connectivity index (χ0) is 12.5. The highest BCUT2D eigenvalue weighted by Gasteiger charge is 2.19. The summed E-state index contributed by atoms with van der Waals surface area (Å²) in [5, 5.41) is 11.6. The number of likely N-dealkylation sites (tertiary alicyclic amines) is 1. The van der Waals surface area contributed by atoms with E-state index < -0.39 is 5.97 Å². The zero-order valence-corrected chi connectivity index (χ0v) is 11.5. The fourth-order valence-electron chi connectivity index (χ4n) is 2.34. The van der Waals surface area contributed by atoms with Gasteiger partial charge in [0, 0.05) is 6.54 Å². The van der Waals surface area contributed by atoms with Crippen molar-refractivity contribution in [2.75, 3.05) is 44.7 Å². The maximum Gasteiger partial charge on any atom is 0.317 e. The lowest BCUT2D eigenvalue weighted by Gasteiger charge is -2.32. The molecule has 1 aliphatic heterocycles. The third-order valence-electron chi connectivity index (χ3n) is 3.14. The lowest BCUT2D eigenvalue weighted by Crippen LogP contribution is -2.41. The summed E-state index contributed by atoms with van der Waals surface area (Å²) in [5.74, 6) is 1.09. The van der Waals surface area contributed by atoms with Gasteiger partial charge in [-0.3, -0.25) is 4.79 Å². The van der Waals surface area contributed by atoms with Crippen LogP contribution in [0.25, 0.3) is 0 Å². The number of rotatable bonds is 8. The van der Waals surface area contributed by atoms with E-state index in [2.05, 4.69) is 16.5 Å². The van der Waals surface area contributed by atoms with Crippen LogP contribution in [0.5, 0.6) is 0 Å². The van der Waals surface area contributed by atoms with Crippen LogP contribution in [0.15, 0.2) is 0 Å². The Morgan fingerprint density at radius 1 is 1.59 bits per heavy atom. The summed E-state index contributed by atoms with van der Waals surface area (Å²) in [6.45, 7) is 4.45. The molecular weight excluding hydrogens is 236 g/mol. The first-order chi connectivity index (χ1) is 8.22. The van der Waals surface area contributed by atoms with E-state index in [1.165, 1.54) is 38.1 Å². The molecular formula is C12H24N2O2S. The van der Waals surface area contributed by atoms with Gasteiger partial charge in [0.25, 0.3) is 0 Å². The molecule has 0 aliphatic carbocycles. The maximum atomic E-state index is 10.4. The normalized spacial score (nSPS) is 21.6. The molecule has 4 nitrogen and oxygen atoms in total. The van der Waals surface area contributed by atoms with Gasteiger partial charge in [0.15, 0.2) is 0 Å². The predicted molar refractivity (Wildman–Crippen MR) is 72.7 cm³/mol. The van der Waals surface area contributed by atoms with Crippen molar-refractivity contribution in [2.24, 2.45) is 5.92 Å². The van der Waals surface area contributed by atoms with Crippen molar-refractivity contribution >= 4 is 17.7 Å². The topological polar surface area (TPSA) is 52.6 Å². The van der Waals surface area contributed by atoms with Crippen LogP contribution in [0.1, 0.15) is 19.3 Å². The van der Waals surface area contributed by atoms with Crippen molar-refractivity contribution in [2.45, 2.75) is 19.3 Å². The van der Waals surface area contributed by atoms with Crippen LogP contribution in [-0.2, 0) is 4.79 Å². The molecule has 1 fully saturated rings. The fraction of sp³-hybridized carbons (Fsp3) is 0.917. The molecule has 1 atom stereocenters. The van der Waals surface area contributed by atoms with Crippen LogP contribution in [-0.4, -0.2) is 60.7 Å². The number of hydrogen-bond acceptors (Lipinski definition) is 4. The van der Waals surface area contributed by atoms with Crippen LogP contribution in [0.2, 0.25) is 0 Å². The predicted octanol–water partition coefficient (Wildman–Crippen LogP) is 1.13. The van der Waals surface area contributed by atoms with Crippen molar-refractivity contribution in [3.63, 3.8) is 0 Å². The average molecular weight is 260 g/mol. The third kappa shape index (κ3) is 6.91. The first kappa shape index (κ1) is 14.8. The van der Waals surface area contributed by atoms with E-state index in [0.29, 0.717) is 5.92 Å². The Balaban J connectivity index is 2.12. The number of piperidine rings is 1. The number of thioether (sulfide) groups is 1. The highest BCUT2D eigenvalue weighted by molar-refractivity contribution is 7.98. The second-order valence-electron chi connectivity index (χ2n) is 4.68. The minimum Gasteiger partial charge on any atom is -0.480 e. The molecule has 5 heteroatoms. The standard InChI is InChI=1S/C12H24N2O2S/c1-17-7-3-6-14-5-2-4-11(10-14)8-13-9-12(15)16/h11,13H,2-10H2,1H3,(H,15,16). The monoisotopic (exact) mass is 260 g/mol. The van der Waals surface area contributed by atoms with E-state index in [9.17, 15) is 4.79 Å². The van der Waals surface area contributed by atoms with Crippen LogP contribution in [0, 0.1) is 5.92 Å². The van der Waals surface area contributed by atoms with Crippen molar-refractivity contribution in [1.29, 1.82) is 0 Å². The Kier molecular flexibility index (Phi) is 7.64. The maximum absolute atomic E-state index is 10.4. The zero-order valence-electron chi connectivity index (χ0n) is 10.7. The molecule has 2 N–H and O–H groups in total. The second-order valence-corrected chi connectivity index (χ2v) is 5.67. The Hall–Kier alpha value is -0.260. The molecule has 0 radical (unpaired) electrons. The fourth-order valence-corrected chi connectivity index (χ4v) is 2.75. The first-order valence-corrected chi connectivity index (χ1v) is 7.75. The van der Waals surface area contributed by atoms with Gasteiger partial charge >= 0.3 is 5.97 Å². The lowest BCUT2D eigenvalue weighted by atomic mass is 9.98. The number of hydrogen-bond donors (Lipinski definition) is 2. The van der Waals surface area contributed by atoms with Gasteiger partial charge in [-0.25, -0.2) is 0 Å². The van der Waals surface area contributed by atoms with E-state index in [0.717, 1.165) is 13.1 Å². The van der Waals surface area contributed by atoms with Gasteiger partial charge in [-0.1, -0.05) is 0 Å². The summed E-state index contributed by atoms with van der Waals surface area (Å²) < 4.78 is 0. The Morgan fingerprint density at radius 3 is 3.12 bits per heavy atom. The van der Waals surface area contributed by atoms with Crippen LogP contribution in [0.3, 0.4) is 0 Å². The van der Waals surface area contributed by atoms with Crippen LogP contribution >= 0.6 is 11.8 Å². The van der Waals surface area contributed by atoms with E-state index in [-0.39, 0.29) is 6.54 Å². The Morgan fingerprint density at radius 2 is 2.41 bits per heavy atom. The largest absolute Gasteiger partial charge is 0.480 e. The minimum absolute atomic E-state index is 0.0863. The third-order valence-corrected chi connectivity index (χ3v) is 3.83. The molecule has 17 heavy (non-hydrogen) atoms. The molecule has 0 saturated carbocycles. The average Bonchev–Trinajstić information content (AvgIpc) is 2.29. The first-order valence-electron chi connectivity index (χ1n) is 6.36. The van der Waals surface area contributed by atoms with Gasteiger partial charge in [-0.05, 0) is 56.8 Å². The van der Waals surface area contributed by atoms with Crippen molar-refractivity contribution in [3.05, 3.63) is 0 Å². The second kappa shape index (κ2) is 8.78. The van der Waals surface area contributed by atoms with Crippen LogP contribution < -0.4 is 5.32 Å². The lowest BCUT2D eigenvalue weighted by molar-refractivity contribution is -0.136. The molecule has 1 saturated heterocycles. The van der Waals surface area contributed by atoms with E-state index in [1.807, 2.05) is 11.8 Å². The molecule has 1 aliphatic rings. The number of nitrogens with zero attached hydrogens (tertiary/aromatic N) is 1. The summed E-state index contributed by atoms with van der Waals surface area (Å²) in [7, 11) is 0. The number of nitrogens with one attached hydrogen (secondary N) is 1. The molecule has 0 spiro atoms. The number of carbonyl (C=O) groups is 1. The molecule has 0 aromatic heterocycles. The molecule has 0 bridgehead atoms.